The second-order valence-electron chi connectivity index (χ2n) is 4.18. The average Bonchev–Trinajstić information content (AvgIpc) is 2.48. The fourth-order valence-corrected chi connectivity index (χ4v) is 1.43. The monoisotopic (exact) mass is 197 g/mol. The first kappa shape index (κ1) is 11.1. The van der Waals surface area contributed by atoms with Gasteiger partial charge >= 0.3 is 0 Å². The van der Waals surface area contributed by atoms with E-state index in [0.717, 1.165) is 12.2 Å². The minimum absolute atomic E-state index is 0.147. The van der Waals surface area contributed by atoms with Gasteiger partial charge in [0.25, 0.3) is 0 Å². The molecule has 0 atom stereocenters. The quantitative estimate of drug-likeness (QED) is 0.761. The third kappa shape index (κ3) is 3.41. The topological polar surface area (TPSA) is 55.6 Å². The van der Waals surface area contributed by atoms with Crippen LogP contribution in [0.25, 0.3) is 0 Å². The van der Waals surface area contributed by atoms with Gasteiger partial charge in [0.05, 0.1) is 13.6 Å². The van der Waals surface area contributed by atoms with Crippen LogP contribution in [0.15, 0.2) is 0 Å². The van der Waals surface area contributed by atoms with Gasteiger partial charge in [-0.15, -0.1) is 10.2 Å². The number of hydrogen-bond donors (Lipinski definition) is 1. The van der Waals surface area contributed by atoms with Crippen molar-refractivity contribution in [1.82, 2.24) is 25.5 Å². The van der Waals surface area contributed by atoms with E-state index in [-0.39, 0.29) is 5.54 Å². The minimum atomic E-state index is 0.147. The molecule has 1 aromatic heterocycles. The van der Waals surface area contributed by atoms with Gasteiger partial charge in [-0.25, -0.2) is 0 Å². The molecule has 0 aliphatic heterocycles. The van der Waals surface area contributed by atoms with Crippen molar-refractivity contribution in [3.8, 4) is 0 Å². The van der Waals surface area contributed by atoms with E-state index in [1.54, 1.807) is 7.05 Å². The molecule has 5 nitrogen and oxygen atoms in total. The highest BCUT2D eigenvalue weighted by Gasteiger charge is 2.16. The molecular formula is C9H19N5. The molecule has 0 unspecified atom stereocenters. The van der Waals surface area contributed by atoms with E-state index in [4.69, 9.17) is 0 Å². The maximum atomic E-state index is 4.11. The molecule has 0 bridgehead atoms. The highest BCUT2D eigenvalue weighted by atomic mass is 15.6. The molecule has 1 rings (SSSR count). The molecule has 0 spiro atoms. The molecule has 0 saturated heterocycles. The van der Waals surface area contributed by atoms with Crippen LogP contribution >= 0.6 is 0 Å². The van der Waals surface area contributed by atoms with E-state index >= 15 is 0 Å². The number of nitrogens with one attached hydrogen (secondary N) is 1. The third-order valence-electron chi connectivity index (χ3n) is 2.15. The number of aromatic nitrogens is 4. The molecule has 1 heterocycles. The number of rotatable bonds is 5. The summed E-state index contributed by atoms with van der Waals surface area (Å²) in [5.74, 6) is 0.747. The molecule has 0 fully saturated rings. The first-order valence-electron chi connectivity index (χ1n) is 5.01. The zero-order chi connectivity index (χ0) is 10.6. The summed E-state index contributed by atoms with van der Waals surface area (Å²) >= 11 is 0. The van der Waals surface area contributed by atoms with Crippen LogP contribution < -0.4 is 5.32 Å². The Morgan fingerprint density at radius 2 is 2.14 bits per heavy atom. The lowest BCUT2D eigenvalue weighted by Crippen LogP contribution is -2.38. The van der Waals surface area contributed by atoms with Gasteiger partial charge in [0.15, 0.2) is 5.82 Å². The Labute approximate surface area is 84.9 Å². The summed E-state index contributed by atoms with van der Waals surface area (Å²) in [5, 5.41) is 15.2. The van der Waals surface area contributed by atoms with E-state index in [1.807, 2.05) is 0 Å². The first-order chi connectivity index (χ1) is 6.53. The van der Waals surface area contributed by atoms with Crippen LogP contribution in [0.3, 0.4) is 0 Å². The van der Waals surface area contributed by atoms with Crippen molar-refractivity contribution in [2.45, 2.75) is 45.7 Å². The van der Waals surface area contributed by atoms with Gasteiger partial charge in [-0.3, -0.25) is 0 Å². The molecule has 0 aliphatic carbocycles. The van der Waals surface area contributed by atoms with Crippen molar-refractivity contribution in [3.05, 3.63) is 5.82 Å². The maximum absolute atomic E-state index is 4.11. The molecule has 5 heteroatoms. The fourth-order valence-electron chi connectivity index (χ4n) is 1.43. The van der Waals surface area contributed by atoms with Gasteiger partial charge in [0, 0.05) is 5.54 Å². The minimum Gasteiger partial charge on any atom is -0.305 e. The predicted octanol–water partition coefficient (Wildman–Crippen LogP) is 0.878. The second kappa shape index (κ2) is 4.50. The molecule has 0 aromatic carbocycles. The Hall–Kier alpha value is -0.970. The van der Waals surface area contributed by atoms with Crippen molar-refractivity contribution in [1.29, 1.82) is 0 Å². The molecule has 0 aliphatic rings. The van der Waals surface area contributed by atoms with Crippen molar-refractivity contribution in [3.63, 3.8) is 0 Å². The number of hydrogen-bond acceptors (Lipinski definition) is 4. The zero-order valence-corrected chi connectivity index (χ0v) is 9.41. The zero-order valence-electron chi connectivity index (χ0n) is 9.41. The van der Waals surface area contributed by atoms with Crippen LogP contribution in [-0.4, -0.2) is 25.7 Å². The van der Waals surface area contributed by atoms with E-state index < -0.39 is 0 Å². The van der Waals surface area contributed by atoms with E-state index in [1.165, 1.54) is 11.2 Å². The lowest BCUT2D eigenvalue weighted by molar-refractivity contribution is 0.352. The Bertz CT molecular complexity index is 278. The summed E-state index contributed by atoms with van der Waals surface area (Å²) in [6, 6.07) is 0. The Morgan fingerprint density at radius 1 is 1.43 bits per heavy atom. The van der Waals surface area contributed by atoms with E-state index in [9.17, 15) is 0 Å². The van der Waals surface area contributed by atoms with Crippen molar-refractivity contribution < 1.29 is 0 Å². The Balaban J connectivity index is 2.40. The van der Waals surface area contributed by atoms with Gasteiger partial charge < -0.3 is 5.32 Å². The van der Waals surface area contributed by atoms with E-state index in [0.29, 0.717) is 6.54 Å². The highest BCUT2D eigenvalue weighted by Crippen LogP contribution is 2.10. The summed E-state index contributed by atoms with van der Waals surface area (Å²) in [6.45, 7) is 7.24. The lowest BCUT2D eigenvalue weighted by atomic mass is 9.99. The van der Waals surface area contributed by atoms with Crippen LogP contribution in [0.4, 0.5) is 0 Å². The predicted molar refractivity (Wildman–Crippen MR) is 54.6 cm³/mol. The Morgan fingerprint density at radius 3 is 2.64 bits per heavy atom. The molecule has 0 radical (unpaired) electrons. The molecule has 80 valence electrons. The summed E-state index contributed by atoms with van der Waals surface area (Å²) in [4.78, 5) is 1.48. The highest BCUT2D eigenvalue weighted by molar-refractivity contribution is 4.82. The second-order valence-corrected chi connectivity index (χ2v) is 4.18. The largest absolute Gasteiger partial charge is 0.305 e. The molecule has 0 saturated carbocycles. The van der Waals surface area contributed by atoms with Crippen LogP contribution in [0.5, 0.6) is 0 Å². The SMILES string of the molecule is CCCC(C)(C)NCc1nnn(C)n1. The maximum Gasteiger partial charge on any atom is 0.188 e. The molecule has 1 aromatic rings. The van der Waals surface area contributed by atoms with E-state index in [2.05, 4.69) is 41.5 Å². The van der Waals surface area contributed by atoms with Crippen LogP contribution in [0.2, 0.25) is 0 Å². The average molecular weight is 197 g/mol. The summed E-state index contributed by atoms with van der Waals surface area (Å²) in [7, 11) is 1.77. The van der Waals surface area contributed by atoms with Crippen molar-refractivity contribution in [2.75, 3.05) is 0 Å². The standard InChI is InChI=1S/C9H19N5/c1-5-6-9(2,3)10-7-8-11-13-14(4)12-8/h10H,5-7H2,1-4H3. The van der Waals surface area contributed by atoms with Crippen LogP contribution in [-0.2, 0) is 13.6 Å². The van der Waals surface area contributed by atoms with Gasteiger partial charge in [-0.2, -0.15) is 4.80 Å². The molecule has 14 heavy (non-hydrogen) atoms. The summed E-state index contributed by atoms with van der Waals surface area (Å²) in [5.41, 5.74) is 0.147. The van der Waals surface area contributed by atoms with Crippen molar-refractivity contribution in [2.24, 2.45) is 7.05 Å². The summed E-state index contributed by atoms with van der Waals surface area (Å²) < 4.78 is 0. The van der Waals surface area contributed by atoms with Gasteiger partial charge in [-0.1, -0.05) is 13.3 Å². The lowest BCUT2D eigenvalue weighted by Gasteiger charge is -2.24. The van der Waals surface area contributed by atoms with Crippen LogP contribution in [0.1, 0.15) is 39.4 Å². The van der Waals surface area contributed by atoms with Gasteiger partial charge in [0.2, 0.25) is 0 Å². The first-order valence-corrected chi connectivity index (χ1v) is 5.01. The number of aryl methyl sites for hydroxylation is 1. The molecular weight excluding hydrogens is 178 g/mol. The van der Waals surface area contributed by atoms with Crippen LogP contribution in [0, 0.1) is 0 Å². The van der Waals surface area contributed by atoms with Gasteiger partial charge in [0.1, 0.15) is 0 Å². The molecule has 1 N–H and O–H groups in total. The summed E-state index contributed by atoms with van der Waals surface area (Å²) in [6.07, 6.45) is 2.32. The smallest absolute Gasteiger partial charge is 0.188 e. The Kier molecular flexibility index (Phi) is 3.57. The fraction of sp³-hybridized carbons (Fsp3) is 0.889. The normalized spacial score (nSPS) is 12.0. The number of nitrogens with zero attached hydrogens (tertiary/aromatic N) is 4. The van der Waals surface area contributed by atoms with Crippen molar-refractivity contribution >= 4 is 0 Å². The number of tetrazole rings is 1. The molecule has 0 amide bonds. The third-order valence-corrected chi connectivity index (χ3v) is 2.15. The van der Waals surface area contributed by atoms with Gasteiger partial charge in [-0.05, 0) is 25.5 Å².